The molecular weight excluding hydrogens is 358 g/mol. The molecule has 4 aromatic rings. The molecule has 0 fully saturated rings. The Bertz CT molecular complexity index is 1140. The lowest BCUT2D eigenvalue weighted by atomic mass is 10.1. The van der Waals surface area contributed by atoms with Gasteiger partial charge in [-0.25, -0.2) is 4.98 Å². The minimum atomic E-state index is -0.508. The van der Waals surface area contributed by atoms with E-state index < -0.39 is 5.91 Å². The molecule has 138 valence electrons. The molecule has 6 N–H and O–H groups in total. The zero-order valence-electron chi connectivity index (χ0n) is 15.0. The first-order valence-electron chi connectivity index (χ1n) is 8.89. The Labute approximate surface area is 160 Å². The monoisotopic (exact) mass is 379 g/mol. The van der Waals surface area contributed by atoms with Gasteiger partial charge in [-0.1, -0.05) is 31.5 Å². The Kier molecular flexibility index (Phi) is 4.45. The van der Waals surface area contributed by atoms with Crippen LogP contribution in [0.2, 0.25) is 0 Å². The van der Waals surface area contributed by atoms with Crippen LogP contribution in [-0.4, -0.2) is 15.9 Å². The highest BCUT2D eigenvalue weighted by atomic mass is 32.1. The number of H-pyrrole nitrogens is 1. The number of aromatic amines is 1. The number of primary amides is 1. The summed E-state index contributed by atoms with van der Waals surface area (Å²) in [4.78, 5) is 20.7. The van der Waals surface area contributed by atoms with Gasteiger partial charge < -0.3 is 21.8 Å². The number of nitrogen functional groups attached to an aromatic ring is 1. The van der Waals surface area contributed by atoms with Crippen LogP contribution >= 0.6 is 11.3 Å². The Morgan fingerprint density at radius 3 is 2.89 bits per heavy atom. The van der Waals surface area contributed by atoms with Gasteiger partial charge in [0.2, 0.25) is 0 Å². The predicted octanol–water partition coefficient (Wildman–Crippen LogP) is 4.02. The molecule has 0 bridgehead atoms. The van der Waals surface area contributed by atoms with Gasteiger partial charge in [0.15, 0.2) is 0 Å². The molecule has 6 nitrogen and oxygen atoms in total. The summed E-state index contributed by atoms with van der Waals surface area (Å²) in [7, 11) is 0. The largest absolute Gasteiger partial charge is 0.397 e. The number of fused-ring (bicyclic) bond motifs is 2. The van der Waals surface area contributed by atoms with Gasteiger partial charge in [0.25, 0.3) is 5.91 Å². The number of thiophene rings is 1. The number of hydrogen-bond donors (Lipinski definition) is 4. The first-order chi connectivity index (χ1) is 13.1. The lowest BCUT2D eigenvalue weighted by Gasteiger charge is -2.09. The van der Waals surface area contributed by atoms with Gasteiger partial charge in [-0.3, -0.25) is 4.79 Å². The molecule has 27 heavy (non-hydrogen) atoms. The second-order valence-corrected chi connectivity index (χ2v) is 7.52. The van der Waals surface area contributed by atoms with Gasteiger partial charge in [-0.2, -0.15) is 0 Å². The van der Waals surface area contributed by atoms with E-state index in [9.17, 15) is 4.79 Å². The number of nitrogens with zero attached hydrogens (tertiary/aromatic N) is 1. The predicted molar refractivity (Wildman–Crippen MR) is 112 cm³/mol. The van der Waals surface area contributed by atoms with Crippen molar-refractivity contribution in [1.82, 2.24) is 9.97 Å². The second kappa shape index (κ2) is 6.92. The van der Waals surface area contributed by atoms with Crippen molar-refractivity contribution in [2.45, 2.75) is 26.3 Å². The number of aromatic nitrogens is 2. The van der Waals surface area contributed by atoms with E-state index in [0.717, 1.165) is 40.0 Å². The highest BCUT2D eigenvalue weighted by Gasteiger charge is 2.18. The average Bonchev–Trinajstić information content (AvgIpc) is 3.21. The lowest BCUT2D eigenvalue weighted by molar-refractivity contribution is 0.100. The van der Waals surface area contributed by atoms with Gasteiger partial charge >= 0.3 is 0 Å². The molecule has 1 amide bonds. The van der Waals surface area contributed by atoms with Crippen LogP contribution in [0.1, 0.15) is 34.1 Å². The van der Waals surface area contributed by atoms with Crippen LogP contribution in [0.4, 0.5) is 11.5 Å². The number of pyridine rings is 1. The number of nitrogens with one attached hydrogen (secondary N) is 2. The van der Waals surface area contributed by atoms with Gasteiger partial charge in [0.1, 0.15) is 15.5 Å². The van der Waals surface area contributed by atoms with Crippen molar-refractivity contribution < 1.29 is 4.79 Å². The fourth-order valence-electron chi connectivity index (χ4n) is 3.40. The molecule has 0 atom stereocenters. The minimum Gasteiger partial charge on any atom is -0.397 e. The quantitative estimate of drug-likeness (QED) is 0.405. The summed E-state index contributed by atoms with van der Waals surface area (Å²) in [6, 6.07) is 10.2. The summed E-state index contributed by atoms with van der Waals surface area (Å²) in [6.45, 7) is 2.76. The summed E-state index contributed by atoms with van der Waals surface area (Å²) >= 11 is 1.26. The lowest BCUT2D eigenvalue weighted by Crippen LogP contribution is -2.10. The maximum atomic E-state index is 11.7. The third kappa shape index (κ3) is 3.10. The first kappa shape index (κ1) is 17.4. The summed E-state index contributed by atoms with van der Waals surface area (Å²) in [6.07, 6.45) is 3.85. The van der Waals surface area contributed by atoms with Gasteiger partial charge in [-0.05, 0) is 29.7 Å². The fourth-order valence-corrected chi connectivity index (χ4v) is 4.40. The van der Waals surface area contributed by atoms with E-state index in [2.05, 4.69) is 34.3 Å². The number of aryl methyl sites for hydroxylation is 1. The summed E-state index contributed by atoms with van der Waals surface area (Å²) < 4.78 is 0. The van der Waals surface area contributed by atoms with Crippen molar-refractivity contribution in [3.63, 3.8) is 0 Å². The van der Waals surface area contributed by atoms with Gasteiger partial charge in [0, 0.05) is 29.0 Å². The normalized spacial score (nSPS) is 11.3. The standard InChI is InChI=1S/C20H21N5OS/c1-2-5-11-8-15(25-20-16(11)17(21)18(27-20)19(22)26)24-10-12-9-23-14-7-4-3-6-13(12)14/h3-4,6-9,23H,2,5,10,21H2,1H3,(H2,22,26)(H,24,25). The van der Waals surface area contributed by atoms with E-state index in [1.807, 2.05) is 24.4 Å². The smallest absolute Gasteiger partial charge is 0.260 e. The zero-order valence-corrected chi connectivity index (χ0v) is 15.8. The number of benzene rings is 1. The minimum absolute atomic E-state index is 0.378. The molecule has 0 aliphatic heterocycles. The second-order valence-electron chi connectivity index (χ2n) is 6.52. The molecule has 0 saturated heterocycles. The van der Waals surface area contributed by atoms with Crippen molar-refractivity contribution in [2.24, 2.45) is 5.73 Å². The van der Waals surface area contributed by atoms with E-state index >= 15 is 0 Å². The molecule has 0 aliphatic carbocycles. The number of amides is 1. The molecule has 0 radical (unpaired) electrons. The fraction of sp³-hybridized carbons (Fsp3) is 0.200. The van der Waals surface area contributed by atoms with E-state index in [-0.39, 0.29) is 0 Å². The zero-order chi connectivity index (χ0) is 19.0. The molecule has 4 rings (SSSR count). The van der Waals surface area contributed by atoms with Crippen molar-refractivity contribution in [1.29, 1.82) is 0 Å². The van der Waals surface area contributed by atoms with E-state index in [1.165, 1.54) is 22.3 Å². The van der Waals surface area contributed by atoms with Crippen LogP contribution in [0.3, 0.4) is 0 Å². The molecule has 7 heteroatoms. The first-order valence-corrected chi connectivity index (χ1v) is 9.70. The van der Waals surface area contributed by atoms with Crippen LogP contribution < -0.4 is 16.8 Å². The van der Waals surface area contributed by atoms with Crippen molar-refractivity contribution in [3.8, 4) is 0 Å². The SMILES string of the molecule is CCCc1cc(NCc2c[nH]c3ccccc23)nc2sc(C(N)=O)c(N)c12. The average molecular weight is 379 g/mol. The van der Waals surface area contributed by atoms with Gasteiger partial charge in [-0.15, -0.1) is 11.3 Å². The molecule has 0 unspecified atom stereocenters. The maximum absolute atomic E-state index is 11.7. The molecular formula is C20H21N5OS. The van der Waals surface area contributed by atoms with Crippen LogP contribution in [0.25, 0.3) is 21.1 Å². The van der Waals surface area contributed by atoms with Crippen molar-refractivity contribution in [2.75, 3.05) is 11.1 Å². The number of rotatable bonds is 6. The summed E-state index contributed by atoms with van der Waals surface area (Å²) in [5.41, 5.74) is 15.5. The molecule has 0 spiro atoms. The number of anilines is 2. The van der Waals surface area contributed by atoms with Crippen molar-refractivity contribution in [3.05, 3.63) is 52.5 Å². The highest BCUT2D eigenvalue weighted by molar-refractivity contribution is 7.21. The highest BCUT2D eigenvalue weighted by Crippen LogP contribution is 2.36. The van der Waals surface area contributed by atoms with Gasteiger partial charge in [0.05, 0.1) is 5.69 Å². The molecule has 0 aliphatic rings. The number of hydrogen-bond acceptors (Lipinski definition) is 5. The van der Waals surface area contributed by atoms with Crippen molar-refractivity contribution >= 4 is 49.9 Å². The van der Waals surface area contributed by atoms with E-state index in [0.29, 0.717) is 17.1 Å². The number of carbonyl (C=O) groups is 1. The number of para-hydroxylation sites is 1. The third-order valence-electron chi connectivity index (χ3n) is 4.66. The number of nitrogens with two attached hydrogens (primary N) is 2. The number of carbonyl (C=O) groups excluding carboxylic acids is 1. The Balaban J connectivity index is 1.70. The van der Waals surface area contributed by atoms with Crippen LogP contribution in [0.5, 0.6) is 0 Å². The topological polar surface area (TPSA) is 110 Å². The van der Waals surface area contributed by atoms with E-state index in [1.54, 1.807) is 0 Å². The van der Waals surface area contributed by atoms with Crippen LogP contribution in [0.15, 0.2) is 36.5 Å². The van der Waals surface area contributed by atoms with Crippen LogP contribution in [-0.2, 0) is 13.0 Å². The molecule has 0 saturated carbocycles. The molecule has 3 aromatic heterocycles. The Morgan fingerprint density at radius 2 is 2.11 bits per heavy atom. The Morgan fingerprint density at radius 1 is 1.30 bits per heavy atom. The van der Waals surface area contributed by atoms with E-state index in [4.69, 9.17) is 11.5 Å². The third-order valence-corrected chi connectivity index (χ3v) is 5.77. The molecule has 1 aromatic carbocycles. The van der Waals surface area contributed by atoms with Crippen LogP contribution in [0, 0.1) is 0 Å². The Hall–Kier alpha value is -3.06. The maximum Gasteiger partial charge on any atom is 0.260 e. The molecule has 3 heterocycles. The summed E-state index contributed by atoms with van der Waals surface area (Å²) in [5.74, 6) is 0.264. The summed E-state index contributed by atoms with van der Waals surface area (Å²) in [5, 5.41) is 5.45.